The predicted molar refractivity (Wildman–Crippen MR) is 123 cm³/mol. The summed E-state index contributed by atoms with van der Waals surface area (Å²) in [7, 11) is -4.19. The summed E-state index contributed by atoms with van der Waals surface area (Å²) >= 11 is 13.3. The van der Waals surface area contributed by atoms with Gasteiger partial charge >= 0.3 is 0 Å². The standard InChI is InChI=1S/C8H21ClOSi3.C7H17ClOSi2/c1-8-7-13(6,9)12(4,5)11(2,3)10-8;1-7-5-6-11(4,8)10(2,3)9-7/h8H,7H2,1-6H3;7H,5-6H2,1-4H3. The van der Waals surface area contributed by atoms with Crippen LogP contribution in [-0.2, 0) is 8.85 Å². The smallest absolute Gasteiger partial charge is 0.192 e. The van der Waals surface area contributed by atoms with Crippen LogP contribution in [0, 0.1) is 0 Å². The topological polar surface area (TPSA) is 18.5 Å². The van der Waals surface area contributed by atoms with Gasteiger partial charge in [-0.05, 0) is 58.5 Å². The van der Waals surface area contributed by atoms with Crippen LogP contribution in [0.4, 0.5) is 0 Å². The van der Waals surface area contributed by atoms with E-state index in [-0.39, 0.29) is 0 Å². The average Bonchev–Trinajstić information content (AvgIpc) is 2.31. The molecule has 0 aromatic rings. The summed E-state index contributed by atoms with van der Waals surface area (Å²) in [4.78, 5) is 0. The molecule has 4 atom stereocenters. The molecule has 144 valence electrons. The van der Waals surface area contributed by atoms with E-state index in [9.17, 15) is 0 Å². The summed E-state index contributed by atoms with van der Waals surface area (Å²) in [6.07, 6.45) is 2.04. The molecule has 0 aromatic heterocycles. The van der Waals surface area contributed by atoms with Gasteiger partial charge in [-0.15, -0.1) is 0 Å². The Morgan fingerprint density at radius 2 is 1.17 bits per heavy atom. The summed E-state index contributed by atoms with van der Waals surface area (Å²) in [5.41, 5.74) is 0. The van der Waals surface area contributed by atoms with Gasteiger partial charge < -0.3 is 8.85 Å². The molecule has 24 heavy (non-hydrogen) atoms. The van der Waals surface area contributed by atoms with E-state index >= 15 is 0 Å². The van der Waals surface area contributed by atoms with Gasteiger partial charge in [0.05, 0.1) is 7.11 Å². The molecule has 4 unspecified atom stereocenters. The molecular weight excluding hydrogens is 423 g/mol. The first-order valence-electron chi connectivity index (χ1n) is 9.19. The predicted octanol–water partition coefficient (Wildman–Crippen LogP) is 6.18. The molecule has 0 amide bonds. The minimum absolute atomic E-state index is 0.413. The minimum Gasteiger partial charge on any atom is -0.418 e. The van der Waals surface area contributed by atoms with Crippen molar-refractivity contribution in [3.63, 3.8) is 0 Å². The zero-order valence-corrected chi connectivity index (χ0v) is 23.9. The van der Waals surface area contributed by atoms with Crippen LogP contribution in [0.25, 0.3) is 0 Å². The highest BCUT2D eigenvalue weighted by atomic mass is 35.6. The second-order valence-electron chi connectivity index (χ2n) is 9.64. The maximum atomic E-state index is 6.80. The van der Waals surface area contributed by atoms with Gasteiger partial charge in [0, 0.05) is 12.2 Å². The average molecular weight is 462 g/mol. The third-order valence-corrected chi connectivity index (χ3v) is 67.1. The Hall–Kier alpha value is 1.58. The SMILES string of the molecule is CC1CC[Si](C)(Cl)[Si](C)(C)O1.CC1C[Si](C)(Cl)[Si](C)(C)[Si](C)(C)O1. The molecule has 2 fully saturated rings. The molecular formula is C15H38Cl2O2Si5. The summed E-state index contributed by atoms with van der Waals surface area (Å²) in [6.45, 7) is 20.2. The molecule has 2 saturated heterocycles. The van der Waals surface area contributed by atoms with Crippen molar-refractivity contribution >= 4 is 58.7 Å². The quantitative estimate of drug-likeness (QED) is 0.317. The highest BCUT2D eigenvalue weighted by Crippen LogP contribution is 2.41. The van der Waals surface area contributed by atoms with Gasteiger partial charge in [-0.3, -0.25) is 0 Å². The van der Waals surface area contributed by atoms with Gasteiger partial charge in [-0.2, -0.15) is 22.2 Å². The summed E-state index contributed by atoms with van der Waals surface area (Å²) in [6, 6.07) is 2.40. The number of halogens is 2. The number of rotatable bonds is 0. The molecule has 2 nitrogen and oxygen atoms in total. The van der Waals surface area contributed by atoms with E-state index in [1.807, 2.05) is 0 Å². The molecule has 2 aliphatic rings. The molecule has 0 aromatic carbocycles. The normalized spacial score (nSPS) is 43.5. The van der Waals surface area contributed by atoms with Crippen molar-refractivity contribution in [2.24, 2.45) is 0 Å². The lowest BCUT2D eigenvalue weighted by Gasteiger charge is -2.52. The van der Waals surface area contributed by atoms with Crippen molar-refractivity contribution < 1.29 is 8.85 Å². The molecule has 2 heterocycles. The Morgan fingerprint density at radius 1 is 0.708 bits per heavy atom. The highest BCUT2D eigenvalue weighted by molar-refractivity contribution is 7.77. The first kappa shape index (κ1) is 23.6. The monoisotopic (exact) mass is 460 g/mol. The molecule has 9 heteroatoms. The van der Waals surface area contributed by atoms with E-state index in [4.69, 9.17) is 31.0 Å². The van der Waals surface area contributed by atoms with Crippen LogP contribution in [0.2, 0.25) is 64.5 Å². The molecule has 0 N–H and O–H groups in total. The zero-order chi connectivity index (χ0) is 19.2. The number of hydrogen-bond acceptors (Lipinski definition) is 2. The van der Waals surface area contributed by atoms with Gasteiger partial charge in [0.1, 0.15) is 6.90 Å². The fraction of sp³-hybridized carbons (Fsp3) is 1.00. The molecule has 0 saturated carbocycles. The lowest BCUT2D eigenvalue weighted by atomic mass is 10.3. The Bertz CT molecular complexity index is 435. The van der Waals surface area contributed by atoms with Crippen molar-refractivity contribution in [1.82, 2.24) is 0 Å². The van der Waals surface area contributed by atoms with Crippen molar-refractivity contribution in [3.05, 3.63) is 0 Å². The van der Waals surface area contributed by atoms with Gasteiger partial charge in [-0.1, -0.05) is 26.2 Å². The van der Waals surface area contributed by atoms with Crippen molar-refractivity contribution in [2.75, 3.05) is 0 Å². The van der Waals surface area contributed by atoms with Crippen LogP contribution in [0.5, 0.6) is 0 Å². The van der Waals surface area contributed by atoms with Crippen LogP contribution < -0.4 is 0 Å². The molecule has 0 radical (unpaired) electrons. The zero-order valence-electron chi connectivity index (χ0n) is 17.3. The molecule has 2 aliphatic heterocycles. The molecule has 2 rings (SSSR count). The minimum atomic E-state index is -1.48. The first-order chi connectivity index (χ1) is 10.5. The second-order valence-corrected chi connectivity index (χ2v) is 54.9. The Labute approximate surface area is 164 Å². The summed E-state index contributed by atoms with van der Waals surface area (Å²) in [5.74, 6) is 0. The van der Waals surface area contributed by atoms with Gasteiger partial charge in [-0.25, -0.2) is 0 Å². The van der Waals surface area contributed by atoms with E-state index in [0.29, 0.717) is 12.2 Å². The van der Waals surface area contributed by atoms with Crippen LogP contribution in [0.1, 0.15) is 20.3 Å². The highest BCUT2D eigenvalue weighted by Gasteiger charge is 2.60. The van der Waals surface area contributed by atoms with Crippen LogP contribution in [0.3, 0.4) is 0 Å². The van der Waals surface area contributed by atoms with E-state index in [1.54, 1.807) is 0 Å². The van der Waals surface area contributed by atoms with Crippen LogP contribution >= 0.6 is 22.2 Å². The Morgan fingerprint density at radius 3 is 1.54 bits per heavy atom. The molecule has 0 aliphatic carbocycles. The Balaban J connectivity index is 0.000000243. The van der Waals surface area contributed by atoms with E-state index in [0.717, 1.165) is 6.04 Å². The Kier molecular flexibility index (Phi) is 7.42. The van der Waals surface area contributed by atoms with E-state index in [1.165, 1.54) is 12.5 Å². The summed E-state index contributed by atoms with van der Waals surface area (Å²) < 4.78 is 12.1. The fourth-order valence-corrected chi connectivity index (χ4v) is 42.5. The van der Waals surface area contributed by atoms with Gasteiger partial charge in [0.2, 0.25) is 0 Å². The first-order valence-corrected chi connectivity index (χ1v) is 28.4. The lowest BCUT2D eigenvalue weighted by Crippen LogP contribution is -2.74. The van der Waals surface area contributed by atoms with Crippen LogP contribution in [0.15, 0.2) is 0 Å². The van der Waals surface area contributed by atoms with Gasteiger partial charge in [0.15, 0.2) is 22.6 Å². The largest absolute Gasteiger partial charge is 0.418 e. The second kappa shape index (κ2) is 7.54. The maximum absolute atomic E-state index is 6.80. The van der Waals surface area contributed by atoms with Crippen LogP contribution in [-0.4, -0.2) is 48.8 Å². The molecule has 0 bridgehead atoms. The van der Waals surface area contributed by atoms with Crippen molar-refractivity contribution in [1.29, 1.82) is 0 Å². The van der Waals surface area contributed by atoms with Crippen molar-refractivity contribution in [2.45, 2.75) is 96.9 Å². The lowest BCUT2D eigenvalue weighted by molar-refractivity contribution is 0.207. The van der Waals surface area contributed by atoms with Crippen molar-refractivity contribution in [3.8, 4) is 0 Å². The van der Waals surface area contributed by atoms with Gasteiger partial charge in [0.25, 0.3) is 0 Å². The third kappa shape index (κ3) is 4.89. The maximum Gasteiger partial charge on any atom is 0.192 e. The van der Waals surface area contributed by atoms with E-state index < -0.39 is 36.6 Å². The number of hydrogen-bond donors (Lipinski definition) is 0. The summed E-state index contributed by atoms with van der Waals surface area (Å²) in [5, 5.41) is 0. The fourth-order valence-electron chi connectivity index (χ4n) is 3.57. The van der Waals surface area contributed by atoms with E-state index in [2.05, 4.69) is 66.2 Å². The third-order valence-electron chi connectivity index (χ3n) is 6.75. The molecule has 0 spiro atoms.